The lowest BCUT2D eigenvalue weighted by Crippen LogP contribution is -2.04. The van der Waals surface area contributed by atoms with E-state index in [2.05, 4.69) is 23.9 Å². The van der Waals surface area contributed by atoms with Gasteiger partial charge in [0, 0.05) is 17.4 Å². The molecule has 20 heavy (non-hydrogen) atoms. The molecule has 0 aliphatic heterocycles. The number of fused-ring (bicyclic) bond motifs is 1. The number of hydrogen-bond donors (Lipinski definition) is 1. The summed E-state index contributed by atoms with van der Waals surface area (Å²) >= 11 is 0. The maximum Gasteiger partial charge on any atom is 0.217 e. The number of aromatic nitrogens is 3. The van der Waals surface area contributed by atoms with Crippen LogP contribution in [0.15, 0.2) is 22.6 Å². The Bertz CT molecular complexity index is 770. The largest absolute Gasteiger partial charge is 0.439 e. The van der Waals surface area contributed by atoms with Gasteiger partial charge in [0.25, 0.3) is 0 Å². The minimum absolute atomic E-state index is 0.543. The average molecular weight is 270 g/mol. The Balaban J connectivity index is 1.97. The van der Waals surface area contributed by atoms with Gasteiger partial charge in [-0.3, -0.25) is 4.68 Å². The molecule has 0 spiro atoms. The molecule has 104 valence electrons. The van der Waals surface area contributed by atoms with E-state index >= 15 is 0 Å². The van der Waals surface area contributed by atoms with Gasteiger partial charge in [0.15, 0.2) is 5.58 Å². The van der Waals surface area contributed by atoms with Crippen LogP contribution in [0, 0.1) is 13.8 Å². The highest BCUT2D eigenvalue weighted by Crippen LogP contribution is 2.20. The zero-order valence-electron chi connectivity index (χ0n) is 12.0. The number of nitrogen functional groups attached to an aromatic ring is 1. The molecule has 0 fully saturated rings. The summed E-state index contributed by atoms with van der Waals surface area (Å²) < 4.78 is 7.69. The van der Waals surface area contributed by atoms with Crippen molar-refractivity contribution >= 4 is 16.8 Å². The molecule has 0 bridgehead atoms. The molecule has 0 radical (unpaired) electrons. The van der Waals surface area contributed by atoms with Crippen LogP contribution in [0.1, 0.15) is 29.8 Å². The van der Waals surface area contributed by atoms with Gasteiger partial charge >= 0.3 is 0 Å². The zero-order valence-corrected chi connectivity index (χ0v) is 12.0. The predicted molar refractivity (Wildman–Crippen MR) is 78.6 cm³/mol. The highest BCUT2D eigenvalue weighted by molar-refractivity contribution is 5.76. The highest BCUT2D eigenvalue weighted by atomic mass is 16.3. The molecule has 0 saturated carbocycles. The minimum Gasteiger partial charge on any atom is -0.439 e. The summed E-state index contributed by atoms with van der Waals surface area (Å²) in [5.41, 5.74) is 11.5. The van der Waals surface area contributed by atoms with Crippen molar-refractivity contribution < 1.29 is 4.42 Å². The van der Waals surface area contributed by atoms with Gasteiger partial charge in [0.2, 0.25) is 5.89 Å². The summed E-state index contributed by atoms with van der Waals surface area (Å²) in [7, 11) is 0. The lowest BCUT2D eigenvalue weighted by Gasteiger charge is -2.01. The molecule has 2 heterocycles. The number of aryl methyl sites for hydroxylation is 1. The maximum absolute atomic E-state index is 5.75. The van der Waals surface area contributed by atoms with Crippen molar-refractivity contribution in [3.63, 3.8) is 0 Å². The lowest BCUT2D eigenvalue weighted by molar-refractivity contribution is 0.486. The van der Waals surface area contributed by atoms with Crippen molar-refractivity contribution in [3.8, 4) is 0 Å². The van der Waals surface area contributed by atoms with Gasteiger partial charge < -0.3 is 10.2 Å². The molecule has 3 rings (SSSR count). The SMILES string of the molecule is CCc1c(C)nn(Cc2nc3ccc(N)cc3o2)c1C. The number of benzene rings is 1. The molecular formula is C15H18N4O. The quantitative estimate of drug-likeness (QED) is 0.743. The Morgan fingerprint density at radius 3 is 2.80 bits per heavy atom. The second-order valence-corrected chi connectivity index (χ2v) is 5.00. The first kappa shape index (κ1) is 12.7. The fourth-order valence-electron chi connectivity index (χ4n) is 2.58. The number of oxazole rings is 1. The molecule has 0 saturated heterocycles. The van der Waals surface area contributed by atoms with Gasteiger partial charge in [-0.25, -0.2) is 4.98 Å². The predicted octanol–water partition coefficient (Wildman–Crippen LogP) is 2.83. The van der Waals surface area contributed by atoms with Gasteiger partial charge in [-0.05, 0) is 38.0 Å². The molecule has 0 aliphatic rings. The van der Waals surface area contributed by atoms with Crippen LogP contribution in [0.4, 0.5) is 5.69 Å². The van der Waals surface area contributed by atoms with Gasteiger partial charge in [-0.1, -0.05) is 6.92 Å². The van der Waals surface area contributed by atoms with Crippen molar-refractivity contribution in [1.29, 1.82) is 0 Å². The van der Waals surface area contributed by atoms with Crippen LogP contribution in [0.5, 0.6) is 0 Å². The molecule has 0 unspecified atom stereocenters. The Morgan fingerprint density at radius 2 is 2.10 bits per heavy atom. The molecule has 2 N–H and O–H groups in total. The second kappa shape index (κ2) is 4.67. The van der Waals surface area contributed by atoms with Crippen molar-refractivity contribution in [3.05, 3.63) is 41.0 Å². The topological polar surface area (TPSA) is 69.9 Å². The Labute approximate surface area is 117 Å². The number of anilines is 1. The third-order valence-corrected chi connectivity index (χ3v) is 3.63. The molecule has 1 aromatic carbocycles. The average Bonchev–Trinajstić information content (AvgIpc) is 2.91. The molecule has 5 nitrogen and oxygen atoms in total. The molecule has 0 atom stereocenters. The van der Waals surface area contributed by atoms with Crippen LogP contribution >= 0.6 is 0 Å². The van der Waals surface area contributed by atoms with E-state index in [9.17, 15) is 0 Å². The Morgan fingerprint density at radius 1 is 1.30 bits per heavy atom. The standard InChI is InChI=1S/C15H18N4O/c1-4-12-9(2)18-19(10(12)3)8-15-17-13-6-5-11(16)7-14(13)20-15/h5-7H,4,8,16H2,1-3H3. The lowest BCUT2D eigenvalue weighted by atomic mass is 10.1. The fraction of sp³-hybridized carbons (Fsp3) is 0.333. The van der Waals surface area contributed by atoms with Crippen molar-refractivity contribution in [2.24, 2.45) is 0 Å². The molecule has 3 aromatic rings. The molecule has 0 aliphatic carbocycles. The second-order valence-electron chi connectivity index (χ2n) is 5.00. The number of rotatable bonds is 3. The summed E-state index contributed by atoms with van der Waals surface area (Å²) in [6.45, 7) is 6.80. The number of hydrogen-bond acceptors (Lipinski definition) is 4. The smallest absolute Gasteiger partial charge is 0.217 e. The Kier molecular flexibility index (Phi) is 2.97. The minimum atomic E-state index is 0.543. The van der Waals surface area contributed by atoms with Crippen LogP contribution in [0.3, 0.4) is 0 Å². The summed E-state index contributed by atoms with van der Waals surface area (Å²) in [5.74, 6) is 0.652. The van der Waals surface area contributed by atoms with Crippen LogP contribution in [-0.2, 0) is 13.0 Å². The molecule has 0 amide bonds. The van der Waals surface area contributed by atoms with Crippen molar-refractivity contribution in [1.82, 2.24) is 14.8 Å². The van der Waals surface area contributed by atoms with Crippen LogP contribution in [-0.4, -0.2) is 14.8 Å². The first-order valence-electron chi connectivity index (χ1n) is 6.76. The van der Waals surface area contributed by atoms with E-state index in [-0.39, 0.29) is 0 Å². The maximum atomic E-state index is 5.75. The number of nitrogens with two attached hydrogens (primary N) is 1. The summed E-state index contributed by atoms with van der Waals surface area (Å²) in [6.07, 6.45) is 0.988. The van der Waals surface area contributed by atoms with Gasteiger partial charge in [0.05, 0.1) is 5.69 Å². The molecular weight excluding hydrogens is 252 g/mol. The first-order valence-corrected chi connectivity index (χ1v) is 6.76. The van der Waals surface area contributed by atoms with Crippen LogP contribution < -0.4 is 5.73 Å². The number of nitrogens with zero attached hydrogens (tertiary/aromatic N) is 3. The fourth-order valence-corrected chi connectivity index (χ4v) is 2.58. The van der Waals surface area contributed by atoms with E-state index < -0.39 is 0 Å². The van der Waals surface area contributed by atoms with Crippen molar-refractivity contribution in [2.45, 2.75) is 33.7 Å². The van der Waals surface area contributed by atoms with Gasteiger partial charge in [-0.15, -0.1) is 0 Å². The van der Waals surface area contributed by atoms with Crippen molar-refractivity contribution in [2.75, 3.05) is 5.73 Å². The third-order valence-electron chi connectivity index (χ3n) is 3.63. The first-order chi connectivity index (χ1) is 9.58. The highest BCUT2D eigenvalue weighted by Gasteiger charge is 2.13. The third kappa shape index (κ3) is 2.05. The van der Waals surface area contributed by atoms with Gasteiger partial charge in [-0.2, -0.15) is 5.10 Å². The van der Waals surface area contributed by atoms with Gasteiger partial charge in [0.1, 0.15) is 12.1 Å². The van der Waals surface area contributed by atoms with Crippen LogP contribution in [0.2, 0.25) is 0 Å². The monoisotopic (exact) mass is 270 g/mol. The van der Waals surface area contributed by atoms with E-state index in [1.165, 1.54) is 11.3 Å². The van der Waals surface area contributed by atoms with E-state index in [4.69, 9.17) is 10.2 Å². The zero-order chi connectivity index (χ0) is 14.3. The van der Waals surface area contributed by atoms with Crippen LogP contribution in [0.25, 0.3) is 11.1 Å². The molecule has 5 heteroatoms. The van der Waals surface area contributed by atoms with E-state index in [1.54, 1.807) is 6.07 Å². The Hall–Kier alpha value is -2.30. The molecule has 2 aromatic heterocycles. The van der Waals surface area contributed by atoms with E-state index in [0.29, 0.717) is 18.1 Å². The summed E-state index contributed by atoms with van der Waals surface area (Å²) in [6, 6.07) is 5.49. The van der Waals surface area contributed by atoms with E-state index in [1.807, 2.05) is 23.7 Å². The summed E-state index contributed by atoms with van der Waals surface area (Å²) in [4.78, 5) is 4.47. The normalized spacial score (nSPS) is 11.3. The summed E-state index contributed by atoms with van der Waals surface area (Å²) in [5, 5.41) is 4.56. The van der Waals surface area contributed by atoms with E-state index in [0.717, 1.165) is 23.2 Å².